The Labute approximate surface area is 93.5 Å². The van der Waals surface area contributed by atoms with Gasteiger partial charge in [-0.3, -0.25) is 0 Å². The topological polar surface area (TPSA) is 44.1 Å². The van der Waals surface area contributed by atoms with Gasteiger partial charge >= 0.3 is 5.97 Å². The maximum absolute atomic E-state index is 11.5. The van der Waals surface area contributed by atoms with Crippen molar-refractivity contribution in [2.45, 2.75) is 20.4 Å². The number of allylic oxidation sites excluding steroid dienone is 1. The van der Waals surface area contributed by atoms with Crippen LogP contribution in [0.5, 0.6) is 0 Å². The van der Waals surface area contributed by atoms with E-state index in [-0.39, 0.29) is 0 Å². The molecule has 0 aliphatic heterocycles. The molecule has 1 aromatic heterocycles. The van der Waals surface area contributed by atoms with Crippen molar-refractivity contribution in [1.29, 1.82) is 0 Å². The van der Waals surface area contributed by atoms with Gasteiger partial charge in [0.2, 0.25) is 0 Å². The van der Waals surface area contributed by atoms with Crippen molar-refractivity contribution in [3.63, 3.8) is 0 Å². The van der Waals surface area contributed by atoms with E-state index in [1.807, 2.05) is 0 Å². The second-order valence-corrected chi connectivity index (χ2v) is 3.30. The lowest BCUT2D eigenvalue weighted by Gasteiger charge is -2.00. The van der Waals surface area contributed by atoms with E-state index in [1.165, 1.54) is 4.68 Å². The molecular weight excluding hydrogens is 216 g/mol. The van der Waals surface area contributed by atoms with Crippen LogP contribution in [0.3, 0.4) is 0 Å². The van der Waals surface area contributed by atoms with E-state index < -0.39 is 5.97 Å². The summed E-state index contributed by atoms with van der Waals surface area (Å²) < 4.78 is 6.39. The molecule has 0 bridgehead atoms. The normalized spacial score (nSPS) is 10.1. The molecule has 0 aliphatic carbocycles. The van der Waals surface area contributed by atoms with E-state index in [9.17, 15) is 4.79 Å². The zero-order valence-electron chi connectivity index (χ0n) is 8.79. The molecule has 4 nitrogen and oxygen atoms in total. The number of halogens is 1. The number of aromatic nitrogens is 2. The van der Waals surface area contributed by atoms with E-state index in [0.29, 0.717) is 29.6 Å². The molecule has 0 N–H and O–H groups in total. The van der Waals surface area contributed by atoms with Gasteiger partial charge in [0.05, 0.1) is 18.8 Å². The second-order valence-electron chi connectivity index (χ2n) is 2.94. The minimum absolute atomic E-state index is 0.297. The summed E-state index contributed by atoms with van der Waals surface area (Å²) in [6, 6.07) is 0. The molecule has 0 radical (unpaired) electrons. The van der Waals surface area contributed by atoms with Crippen molar-refractivity contribution in [3.05, 3.63) is 29.1 Å². The Kier molecular flexibility index (Phi) is 3.91. The fourth-order valence-corrected chi connectivity index (χ4v) is 1.55. The lowest BCUT2D eigenvalue weighted by atomic mass is 10.3. The summed E-state index contributed by atoms with van der Waals surface area (Å²) in [5, 5.41) is 4.41. The zero-order valence-corrected chi connectivity index (χ0v) is 9.54. The third kappa shape index (κ3) is 2.39. The van der Waals surface area contributed by atoms with Gasteiger partial charge in [-0.15, -0.1) is 6.58 Å². The van der Waals surface area contributed by atoms with Crippen molar-refractivity contribution >= 4 is 17.6 Å². The molecule has 0 aromatic carbocycles. The minimum Gasteiger partial charge on any atom is -0.462 e. The van der Waals surface area contributed by atoms with Crippen molar-refractivity contribution in [2.24, 2.45) is 0 Å². The number of carbonyl (C=O) groups is 1. The van der Waals surface area contributed by atoms with Gasteiger partial charge in [-0.2, -0.15) is 5.10 Å². The number of aryl methyl sites for hydroxylation is 1. The van der Waals surface area contributed by atoms with Crippen LogP contribution in [0, 0.1) is 6.92 Å². The maximum atomic E-state index is 11.5. The molecule has 0 aliphatic rings. The predicted molar refractivity (Wildman–Crippen MR) is 58.1 cm³/mol. The molecule has 0 saturated carbocycles. The predicted octanol–water partition coefficient (Wildman–Crippen LogP) is 2.21. The van der Waals surface area contributed by atoms with Crippen molar-refractivity contribution in [1.82, 2.24) is 9.78 Å². The summed E-state index contributed by atoms with van der Waals surface area (Å²) in [5.41, 5.74) is 0.903. The summed E-state index contributed by atoms with van der Waals surface area (Å²) in [6.07, 6.45) is 1.66. The van der Waals surface area contributed by atoms with Crippen LogP contribution in [0.25, 0.3) is 0 Å². The van der Waals surface area contributed by atoms with Crippen LogP contribution in [0.15, 0.2) is 12.7 Å². The van der Waals surface area contributed by atoms with E-state index in [4.69, 9.17) is 16.3 Å². The number of rotatable bonds is 4. The second kappa shape index (κ2) is 4.98. The monoisotopic (exact) mass is 228 g/mol. The summed E-state index contributed by atoms with van der Waals surface area (Å²) in [7, 11) is 0. The Bertz CT molecular complexity index is 385. The minimum atomic E-state index is -0.435. The van der Waals surface area contributed by atoms with Gasteiger partial charge < -0.3 is 4.74 Å². The van der Waals surface area contributed by atoms with Crippen LogP contribution in [-0.4, -0.2) is 22.4 Å². The highest BCUT2D eigenvalue weighted by Gasteiger charge is 2.20. The Morgan fingerprint density at radius 3 is 2.93 bits per heavy atom. The Hall–Kier alpha value is -1.29. The zero-order chi connectivity index (χ0) is 11.4. The molecule has 0 unspecified atom stereocenters. The summed E-state index contributed by atoms with van der Waals surface area (Å²) in [6.45, 7) is 7.84. The van der Waals surface area contributed by atoms with Crippen LogP contribution in [0.2, 0.25) is 5.15 Å². The van der Waals surface area contributed by atoms with Gasteiger partial charge in [0.25, 0.3) is 0 Å². The molecule has 1 aromatic rings. The molecule has 15 heavy (non-hydrogen) atoms. The molecule has 5 heteroatoms. The number of hydrogen-bond acceptors (Lipinski definition) is 3. The first kappa shape index (κ1) is 11.8. The highest BCUT2D eigenvalue weighted by molar-refractivity contribution is 6.32. The molecule has 1 rings (SSSR count). The SMILES string of the molecule is C=CCn1nc(C)c(C(=O)OCC)c1Cl. The lowest BCUT2D eigenvalue weighted by molar-refractivity contribution is 0.0525. The summed E-state index contributed by atoms with van der Waals surface area (Å²) in [4.78, 5) is 11.5. The van der Waals surface area contributed by atoms with Crippen molar-refractivity contribution < 1.29 is 9.53 Å². The number of carbonyl (C=O) groups excluding carboxylic acids is 1. The highest BCUT2D eigenvalue weighted by atomic mass is 35.5. The van der Waals surface area contributed by atoms with Gasteiger partial charge in [0.1, 0.15) is 10.7 Å². The van der Waals surface area contributed by atoms with Gasteiger partial charge in [-0.25, -0.2) is 9.48 Å². The van der Waals surface area contributed by atoms with E-state index in [1.54, 1.807) is 19.9 Å². The molecule has 0 saturated heterocycles. The molecular formula is C10H13ClN2O2. The van der Waals surface area contributed by atoms with E-state index in [2.05, 4.69) is 11.7 Å². The molecule has 0 spiro atoms. The average Bonchev–Trinajstić information content (AvgIpc) is 2.43. The average molecular weight is 229 g/mol. The van der Waals surface area contributed by atoms with Crippen LogP contribution in [0.4, 0.5) is 0 Å². The number of hydrogen-bond donors (Lipinski definition) is 0. The van der Waals surface area contributed by atoms with Crippen LogP contribution in [0.1, 0.15) is 23.0 Å². The number of nitrogens with zero attached hydrogens (tertiary/aromatic N) is 2. The van der Waals surface area contributed by atoms with Crippen LogP contribution < -0.4 is 0 Å². The van der Waals surface area contributed by atoms with Gasteiger partial charge in [-0.1, -0.05) is 17.7 Å². The van der Waals surface area contributed by atoms with Crippen LogP contribution >= 0.6 is 11.6 Å². The fourth-order valence-electron chi connectivity index (χ4n) is 1.23. The molecule has 82 valence electrons. The highest BCUT2D eigenvalue weighted by Crippen LogP contribution is 2.20. The third-order valence-corrected chi connectivity index (χ3v) is 2.23. The van der Waals surface area contributed by atoms with Gasteiger partial charge in [0.15, 0.2) is 0 Å². The van der Waals surface area contributed by atoms with E-state index in [0.717, 1.165) is 0 Å². The molecule has 0 amide bonds. The molecule has 0 fully saturated rings. The Morgan fingerprint density at radius 1 is 1.73 bits per heavy atom. The maximum Gasteiger partial charge on any atom is 0.343 e. The number of ether oxygens (including phenoxy) is 1. The number of esters is 1. The van der Waals surface area contributed by atoms with E-state index >= 15 is 0 Å². The van der Waals surface area contributed by atoms with Crippen molar-refractivity contribution in [2.75, 3.05) is 6.61 Å². The summed E-state index contributed by atoms with van der Waals surface area (Å²) in [5.74, 6) is -0.435. The van der Waals surface area contributed by atoms with Crippen molar-refractivity contribution in [3.8, 4) is 0 Å². The fraction of sp³-hybridized carbons (Fsp3) is 0.400. The lowest BCUT2D eigenvalue weighted by Crippen LogP contribution is -2.06. The first-order valence-electron chi connectivity index (χ1n) is 4.62. The third-order valence-electron chi connectivity index (χ3n) is 1.85. The standard InChI is InChI=1S/C10H13ClN2O2/c1-4-6-13-9(11)8(7(3)12-13)10(14)15-5-2/h4H,1,5-6H2,2-3H3. The summed E-state index contributed by atoms with van der Waals surface area (Å²) >= 11 is 5.99. The Balaban J connectivity index is 3.07. The largest absolute Gasteiger partial charge is 0.462 e. The first-order valence-corrected chi connectivity index (χ1v) is 5.00. The smallest absolute Gasteiger partial charge is 0.343 e. The quantitative estimate of drug-likeness (QED) is 0.586. The molecule has 0 atom stereocenters. The van der Waals surface area contributed by atoms with Crippen LogP contribution in [-0.2, 0) is 11.3 Å². The Morgan fingerprint density at radius 2 is 2.40 bits per heavy atom. The first-order chi connectivity index (χ1) is 7.11. The molecule has 1 heterocycles. The van der Waals surface area contributed by atoms with Gasteiger partial charge in [-0.05, 0) is 13.8 Å². The van der Waals surface area contributed by atoms with Gasteiger partial charge in [0, 0.05) is 0 Å².